The van der Waals surface area contributed by atoms with E-state index in [0.717, 1.165) is 11.6 Å². The first-order valence-electron chi connectivity index (χ1n) is 10.00. The number of benzene rings is 2. The van der Waals surface area contributed by atoms with Gasteiger partial charge < -0.3 is 14.4 Å². The third-order valence-corrected chi connectivity index (χ3v) is 6.82. The molecule has 158 valence electrons. The Bertz CT molecular complexity index is 1010. The molecule has 1 aromatic heterocycles. The maximum atomic E-state index is 12.3. The third kappa shape index (κ3) is 5.39. The van der Waals surface area contributed by atoms with Crippen molar-refractivity contribution in [1.29, 1.82) is 0 Å². The molecule has 2 aromatic carbocycles. The molecule has 0 aliphatic rings. The Labute approximate surface area is 183 Å². The standard InChI is InChI=1S/C23H27ClN2O3Si/c1-30(2,3)16-15-29-14-13-26-21(23(27)28)20(18-11-7-8-12-19(18)24)25-22(26)17-9-5-4-6-10-17/h4-12H,13-16H2,1-3H3,(H,27,28). The molecule has 7 heteroatoms. The Hall–Kier alpha value is -2.41. The van der Waals surface area contributed by atoms with Crippen LogP contribution in [0.2, 0.25) is 30.7 Å². The van der Waals surface area contributed by atoms with Gasteiger partial charge in [-0.25, -0.2) is 9.78 Å². The second kappa shape index (κ2) is 9.60. The van der Waals surface area contributed by atoms with Crippen LogP contribution in [0.3, 0.4) is 0 Å². The van der Waals surface area contributed by atoms with Crippen molar-refractivity contribution >= 4 is 25.6 Å². The summed E-state index contributed by atoms with van der Waals surface area (Å²) in [5.74, 6) is -0.446. The lowest BCUT2D eigenvalue weighted by molar-refractivity contribution is 0.0682. The molecule has 1 heterocycles. The van der Waals surface area contributed by atoms with Crippen LogP contribution in [0.15, 0.2) is 54.6 Å². The van der Waals surface area contributed by atoms with Crippen molar-refractivity contribution in [3.05, 3.63) is 65.3 Å². The van der Waals surface area contributed by atoms with Gasteiger partial charge in [-0.1, -0.05) is 79.8 Å². The molecule has 5 nitrogen and oxygen atoms in total. The number of carbonyl (C=O) groups is 1. The lowest BCUT2D eigenvalue weighted by atomic mass is 10.1. The van der Waals surface area contributed by atoms with Crippen molar-refractivity contribution in [3.8, 4) is 22.6 Å². The maximum Gasteiger partial charge on any atom is 0.354 e. The van der Waals surface area contributed by atoms with Crippen molar-refractivity contribution in [2.75, 3.05) is 13.2 Å². The van der Waals surface area contributed by atoms with Gasteiger partial charge in [0.1, 0.15) is 11.5 Å². The van der Waals surface area contributed by atoms with Crippen LogP contribution in [-0.4, -0.2) is 41.9 Å². The van der Waals surface area contributed by atoms with Gasteiger partial charge in [-0.05, 0) is 12.1 Å². The first-order valence-corrected chi connectivity index (χ1v) is 14.1. The number of imidazole rings is 1. The Kier molecular flexibility index (Phi) is 7.13. The molecule has 0 bridgehead atoms. The average molecular weight is 443 g/mol. The SMILES string of the molecule is C[Si](C)(C)CCOCCn1c(-c2ccccc2)nc(-c2ccccc2Cl)c1C(=O)O. The number of carboxylic acid groups (broad SMARTS) is 1. The topological polar surface area (TPSA) is 64.4 Å². The summed E-state index contributed by atoms with van der Waals surface area (Å²) in [6.07, 6.45) is 0. The predicted molar refractivity (Wildman–Crippen MR) is 124 cm³/mol. The lowest BCUT2D eigenvalue weighted by Crippen LogP contribution is -2.22. The Balaban J connectivity index is 2.00. The summed E-state index contributed by atoms with van der Waals surface area (Å²) in [6, 6.07) is 17.8. The Morgan fingerprint density at radius 2 is 1.73 bits per heavy atom. The van der Waals surface area contributed by atoms with E-state index in [4.69, 9.17) is 21.3 Å². The van der Waals surface area contributed by atoms with Crippen molar-refractivity contribution in [2.24, 2.45) is 0 Å². The van der Waals surface area contributed by atoms with Crippen LogP contribution in [0.1, 0.15) is 10.5 Å². The van der Waals surface area contributed by atoms with Crippen LogP contribution in [0.25, 0.3) is 22.6 Å². The molecule has 0 unspecified atom stereocenters. The monoisotopic (exact) mass is 442 g/mol. The third-order valence-electron chi connectivity index (χ3n) is 4.79. The van der Waals surface area contributed by atoms with E-state index in [1.165, 1.54) is 0 Å². The molecule has 3 aromatic rings. The summed E-state index contributed by atoms with van der Waals surface area (Å²) >= 11 is 6.37. The summed E-state index contributed by atoms with van der Waals surface area (Å²) in [5, 5.41) is 10.5. The van der Waals surface area contributed by atoms with Gasteiger partial charge >= 0.3 is 5.97 Å². The molecule has 30 heavy (non-hydrogen) atoms. The molecule has 0 atom stereocenters. The molecule has 1 N–H and O–H groups in total. The van der Waals surface area contributed by atoms with E-state index >= 15 is 0 Å². The van der Waals surface area contributed by atoms with Crippen molar-refractivity contribution in [2.45, 2.75) is 32.2 Å². The summed E-state index contributed by atoms with van der Waals surface area (Å²) in [4.78, 5) is 17.0. The minimum atomic E-state index is -1.18. The molecule has 3 rings (SSSR count). The van der Waals surface area contributed by atoms with Crippen LogP contribution < -0.4 is 0 Å². The molecule has 0 spiro atoms. The fraction of sp³-hybridized carbons (Fsp3) is 0.304. The molecule has 0 saturated heterocycles. The van der Waals surface area contributed by atoms with Gasteiger partial charge in [-0.2, -0.15) is 0 Å². The molecular weight excluding hydrogens is 416 g/mol. The van der Waals surface area contributed by atoms with Gasteiger partial charge in [0.15, 0.2) is 5.69 Å². The highest BCUT2D eigenvalue weighted by Crippen LogP contribution is 2.33. The number of hydrogen-bond donors (Lipinski definition) is 1. The van der Waals surface area contributed by atoms with Gasteiger partial charge in [0.05, 0.1) is 11.6 Å². The van der Waals surface area contributed by atoms with E-state index in [9.17, 15) is 9.90 Å². The summed E-state index contributed by atoms with van der Waals surface area (Å²) < 4.78 is 7.57. The van der Waals surface area contributed by atoms with E-state index in [1.54, 1.807) is 16.7 Å². The van der Waals surface area contributed by atoms with Crippen LogP contribution in [-0.2, 0) is 11.3 Å². The molecule has 0 saturated carbocycles. The van der Waals surface area contributed by atoms with Crippen molar-refractivity contribution in [1.82, 2.24) is 9.55 Å². The number of nitrogens with zero attached hydrogens (tertiary/aromatic N) is 2. The molecule has 0 fully saturated rings. The van der Waals surface area contributed by atoms with Crippen LogP contribution in [0, 0.1) is 0 Å². The van der Waals surface area contributed by atoms with Gasteiger partial charge in [-0.3, -0.25) is 0 Å². The van der Waals surface area contributed by atoms with Crippen LogP contribution in [0.4, 0.5) is 0 Å². The fourth-order valence-corrected chi connectivity index (χ4v) is 4.15. The van der Waals surface area contributed by atoms with Crippen molar-refractivity contribution in [3.63, 3.8) is 0 Å². The second-order valence-electron chi connectivity index (χ2n) is 8.36. The number of ether oxygens (including phenoxy) is 1. The lowest BCUT2D eigenvalue weighted by Gasteiger charge is -2.16. The number of rotatable bonds is 9. The minimum Gasteiger partial charge on any atom is -0.477 e. The normalized spacial score (nSPS) is 11.6. The maximum absolute atomic E-state index is 12.3. The van der Waals surface area contributed by atoms with E-state index in [1.807, 2.05) is 42.5 Å². The highest BCUT2D eigenvalue weighted by molar-refractivity contribution is 6.76. The molecular formula is C23H27ClN2O3Si. The summed E-state index contributed by atoms with van der Waals surface area (Å²) in [5.41, 5.74) is 1.94. The van der Waals surface area contributed by atoms with Gasteiger partial charge in [-0.15, -0.1) is 0 Å². The highest BCUT2D eigenvalue weighted by Gasteiger charge is 2.25. The highest BCUT2D eigenvalue weighted by atomic mass is 35.5. The molecule has 0 amide bonds. The molecule has 0 aliphatic heterocycles. The zero-order chi connectivity index (χ0) is 21.7. The first kappa shape index (κ1) is 22.3. The van der Waals surface area contributed by atoms with Crippen LogP contribution >= 0.6 is 11.6 Å². The zero-order valence-electron chi connectivity index (χ0n) is 17.6. The van der Waals surface area contributed by atoms with Crippen LogP contribution in [0.5, 0.6) is 0 Å². The fourth-order valence-electron chi connectivity index (χ4n) is 3.17. The minimum absolute atomic E-state index is 0.121. The van der Waals surface area contributed by atoms with Gasteiger partial charge in [0.2, 0.25) is 0 Å². The summed E-state index contributed by atoms with van der Waals surface area (Å²) in [6.45, 7) is 8.41. The van der Waals surface area contributed by atoms with Gasteiger partial charge in [0, 0.05) is 32.4 Å². The van der Waals surface area contributed by atoms with Crippen molar-refractivity contribution < 1.29 is 14.6 Å². The van der Waals surface area contributed by atoms with E-state index in [0.29, 0.717) is 41.9 Å². The van der Waals surface area contributed by atoms with E-state index in [2.05, 4.69) is 19.6 Å². The predicted octanol–water partition coefficient (Wildman–Crippen LogP) is 5.92. The quantitative estimate of drug-likeness (QED) is 0.329. The number of halogens is 1. The van der Waals surface area contributed by atoms with E-state index in [-0.39, 0.29) is 5.69 Å². The number of hydrogen-bond acceptors (Lipinski definition) is 3. The van der Waals surface area contributed by atoms with E-state index < -0.39 is 14.0 Å². The second-order valence-corrected chi connectivity index (χ2v) is 14.4. The largest absolute Gasteiger partial charge is 0.477 e. The average Bonchev–Trinajstić information content (AvgIpc) is 3.07. The van der Waals surface area contributed by atoms with Gasteiger partial charge in [0.25, 0.3) is 0 Å². The first-order chi connectivity index (χ1) is 14.3. The zero-order valence-corrected chi connectivity index (χ0v) is 19.3. The molecule has 0 aliphatic carbocycles. The molecule has 0 radical (unpaired) electrons. The smallest absolute Gasteiger partial charge is 0.354 e. The number of aromatic nitrogens is 2. The Morgan fingerprint density at radius 3 is 2.37 bits per heavy atom. The number of carboxylic acids is 1. The summed E-state index contributed by atoms with van der Waals surface area (Å²) in [7, 11) is -1.18. The number of aromatic carboxylic acids is 1. The Morgan fingerprint density at radius 1 is 1.07 bits per heavy atom.